The van der Waals surface area contributed by atoms with Crippen LogP contribution in [0.2, 0.25) is 0 Å². The van der Waals surface area contributed by atoms with Gasteiger partial charge in [0.15, 0.2) is 0 Å². The maximum absolute atomic E-state index is 13.1. The molecule has 0 spiro atoms. The van der Waals surface area contributed by atoms with Gasteiger partial charge in [0.2, 0.25) is 0 Å². The van der Waals surface area contributed by atoms with Crippen molar-refractivity contribution < 1.29 is 4.74 Å². The summed E-state index contributed by atoms with van der Waals surface area (Å²) >= 11 is 0. The van der Waals surface area contributed by atoms with Gasteiger partial charge in [0.25, 0.3) is 5.56 Å². The number of hydrogen-bond donors (Lipinski definition) is 1. The largest absolute Gasteiger partial charge is 0.497 e. The van der Waals surface area contributed by atoms with E-state index < -0.39 is 0 Å². The second kappa shape index (κ2) is 8.80. The van der Waals surface area contributed by atoms with E-state index in [-0.39, 0.29) is 17.4 Å². The van der Waals surface area contributed by atoms with Crippen molar-refractivity contribution in [2.75, 3.05) is 7.11 Å². The Balaban J connectivity index is 1.90. The van der Waals surface area contributed by atoms with Gasteiger partial charge in [-0.15, -0.1) is 0 Å². The number of nitrogens with two attached hydrogens (primary N) is 1. The number of rotatable bonds is 6. The van der Waals surface area contributed by atoms with E-state index in [1.165, 1.54) is 0 Å². The molecular weight excluding hydrogens is 364 g/mol. The Morgan fingerprint density at radius 3 is 2.76 bits per heavy atom. The third-order valence-electron chi connectivity index (χ3n) is 5.64. The molecule has 1 aliphatic carbocycles. The topological polar surface area (TPSA) is 82.5 Å². The monoisotopic (exact) mass is 396 g/mol. The predicted octanol–water partition coefficient (Wildman–Crippen LogP) is 3.75. The van der Waals surface area contributed by atoms with Crippen molar-refractivity contribution in [2.45, 2.75) is 65.8 Å². The molecule has 1 aromatic heterocycles. The minimum absolute atomic E-state index is 0.138. The lowest BCUT2D eigenvalue weighted by molar-refractivity contribution is 0.307. The Labute approximate surface area is 172 Å². The summed E-state index contributed by atoms with van der Waals surface area (Å²) in [5, 5.41) is 0. The highest BCUT2D eigenvalue weighted by Gasteiger charge is 2.44. The van der Waals surface area contributed by atoms with Crippen LogP contribution in [0.5, 0.6) is 0 Å². The SMILES string of the molecule is C/C=C\C(=C/C(N)=NC(=C(C)C)C1CC1c1c(C)nc2n(c1=O)CCCC2)OC. The molecule has 6 heteroatoms. The third kappa shape index (κ3) is 4.52. The summed E-state index contributed by atoms with van der Waals surface area (Å²) < 4.78 is 7.18. The zero-order valence-electron chi connectivity index (χ0n) is 18.2. The maximum Gasteiger partial charge on any atom is 0.257 e. The smallest absolute Gasteiger partial charge is 0.257 e. The first-order valence-electron chi connectivity index (χ1n) is 10.4. The fraction of sp³-hybridized carbons (Fsp3) is 0.522. The highest BCUT2D eigenvalue weighted by molar-refractivity contribution is 5.93. The minimum Gasteiger partial charge on any atom is -0.497 e. The number of amidine groups is 1. The van der Waals surface area contributed by atoms with Gasteiger partial charge < -0.3 is 10.5 Å². The Hall–Kier alpha value is -2.63. The molecule has 3 rings (SSSR count). The van der Waals surface area contributed by atoms with E-state index in [1.807, 2.05) is 44.4 Å². The number of fused-ring (bicyclic) bond motifs is 1. The molecule has 2 atom stereocenters. The number of nitrogens with zero attached hydrogens (tertiary/aromatic N) is 3. The molecule has 1 saturated carbocycles. The molecule has 2 unspecified atom stereocenters. The van der Waals surface area contributed by atoms with Crippen molar-refractivity contribution in [3.8, 4) is 0 Å². The van der Waals surface area contributed by atoms with Crippen molar-refractivity contribution in [1.82, 2.24) is 9.55 Å². The molecule has 2 N–H and O–H groups in total. The maximum atomic E-state index is 13.1. The van der Waals surface area contributed by atoms with Gasteiger partial charge in [-0.2, -0.15) is 0 Å². The molecule has 0 saturated heterocycles. The van der Waals surface area contributed by atoms with Crippen LogP contribution in [0.15, 0.2) is 45.0 Å². The van der Waals surface area contributed by atoms with Gasteiger partial charge in [-0.1, -0.05) is 11.6 Å². The van der Waals surface area contributed by atoms with E-state index in [1.54, 1.807) is 13.2 Å². The molecule has 1 fully saturated rings. The Morgan fingerprint density at radius 1 is 1.34 bits per heavy atom. The van der Waals surface area contributed by atoms with Gasteiger partial charge in [0.05, 0.1) is 7.11 Å². The molecule has 29 heavy (non-hydrogen) atoms. The summed E-state index contributed by atoms with van der Waals surface area (Å²) in [6, 6.07) is 0. The molecule has 0 aromatic carbocycles. The van der Waals surface area contributed by atoms with Crippen LogP contribution < -0.4 is 11.3 Å². The van der Waals surface area contributed by atoms with Crippen molar-refractivity contribution in [2.24, 2.45) is 16.6 Å². The van der Waals surface area contributed by atoms with Crippen LogP contribution in [0, 0.1) is 12.8 Å². The number of allylic oxidation sites excluding steroid dienone is 4. The van der Waals surface area contributed by atoms with Gasteiger partial charge >= 0.3 is 0 Å². The van der Waals surface area contributed by atoms with Crippen molar-refractivity contribution >= 4 is 5.84 Å². The zero-order valence-corrected chi connectivity index (χ0v) is 18.2. The summed E-state index contributed by atoms with van der Waals surface area (Å²) in [4.78, 5) is 22.6. The normalized spacial score (nSPS) is 21.8. The molecule has 0 radical (unpaired) electrons. The summed E-state index contributed by atoms with van der Waals surface area (Å²) in [6.45, 7) is 8.75. The molecule has 2 heterocycles. The minimum atomic E-state index is 0.138. The van der Waals surface area contributed by atoms with E-state index in [9.17, 15) is 4.79 Å². The van der Waals surface area contributed by atoms with Crippen molar-refractivity contribution in [3.05, 3.63) is 62.7 Å². The average molecular weight is 397 g/mol. The predicted molar refractivity (Wildman–Crippen MR) is 117 cm³/mol. The van der Waals surface area contributed by atoms with E-state index in [2.05, 4.69) is 4.99 Å². The fourth-order valence-electron chi connectivity index (χ4n) is 4.17. The molecule has 0 amide bonds. The van der Waals surface area contributed by atoms with Gasteiger partial charge in [0.1, 0.15) is 17.4 Å². The summed E-state index contributed by atoms with van der Waals surface area (Å²) in [6.07, 6.45) is 9.41. The van der Waals surface area contributed by atoms with Crippen LogP contribution in [-0.2, 0) is 17.7 Å². The third-order valence-corrected chi connectivity index (χ3v) is 5.64. The summed E-state index contributed by atoms with van der Waals surface area (Å²) in [5.74, 6) is 2.36. The van der Waals surface area contributed by atoms with Crippen LogP contribution in [0.4, 0.5) is 0 Å². The van der Waals surface area contributed by atoms with Crippen LogP contribution >= 0.6 is 0 Å². The van der Waals surface area contributed by atoms with E-state index >= 15 is 0 Å². The molecular formula is C23H32N4O2. The first-order chi connectivity index (χ1) is 13.9. The van der Waals surface area contributed by atoms with Crippen LogP contribution in [-0.4, -0.2) is 22.5 Å². The van der Waals surface area contributed by atoms with Gasteiger partial charge in [-0.25, -0.2) is 9.98 Å². The van der Waals surface area contributed by atoms with Crippen LogP contribution in [0.1, 0.15) is 63.0 Å². The first-order valence-corrected chi connectivity index (χ1v) is 10.4. The molecule has 156 valence electrons. The highest BCUT2D eigenvalue weighted by atomic mass is 16.5. The Morgan fingerprint density at radius 2 is 2.10 bits per heavy atom. The molecule has 6 nitrogen and oxygen atoms in total. The van der Waals surface area contributed by atoms with E-state index in [0.717, 1.165) is 60.6 Å². The molecule has 0 bridgehead atoms. The number of aryl methyl sites for hydroxylation is 2. The van der Waals surface area contributed by atoms with Gasteiger partial charge in [0, 0.05) is 47.8 Å². The number of hydrogen-bond acceptors (Lipinski definition) is 4. The quantitative estimate of drug-likeness (QED) is 0.344. The summed E-state index contributed by atoms with van der Waals surface area (Å²) in [7, 11) is 1.61. The van der Waals surface area contributed by atoms with Crippen LogP contribution in [0.3, 0.4) is 0 Å². The van der Waals surface area contributed by atoms with E-state index in [0.29, 0.717) is 11.6 Å². The average Bonchev–Trinajstić information content (AvgIpc) is 3.45. The highest BCUT2D eigenvalue weighted by Crippen LogP contribution is 2.52. The van der Waals surface area contributed by atoms with E-state index in [4.69, 9.17) is 15.5 Å². The number of aromatic nitrogens is 2. The van der Waals surface area contributed by atoms with Crippen LogP contribution in [0.25, 0.3) is 0 Å². The van der Waals surface area contributed by atoms with Gasteiger partial charge in [-0.3, -0.25) is 9.36 Å². The van der Waals surface area contributed by atoms with Gasteiger partial charge in [-0.05, 0) is 53.0 Å². The summed E-state index contributed by atoms with van der Waals surface area (Å²) in [5.41, 5.74) is 10.1. The molecule has 1 aliphatic heterocycles. The lowest BCUT2D eigenvalue weighted by atomic mass is 10.0. The molecule has 1 aromatic rings. The number of methoxy groups -OCH3 is 1. The zero-order chi connectivity index (χ0) is 21.1. The lowest BCUT2D eigenvalue weighted by Gasteiger charge is -2.19. The Bertz CT molecular complexity index is 962. The number of aliphatic imine (C=N–C) groups is 1. The molecule has 2 aliphatic rings. The van der Waals surface area contributed by atoms with Crippen molar-refractivity contribution in [1.29, 1.82) is 0 Å². The lowest BCUT2D eigenvalue weighted by Crippen LogP contribution is -2.31. The first kappa shape index (κ1) is 21.1. The number of ether oxygens (including phenoxy) is 1. The Kier molecular flexibility index (Phi) is 6.40. The second-order valence-electron chi connectivity index (χ2n) is 8.06. The van der Waals surface area contributed by atoms with Crippen molar-refractivity contribution in [3.63, 3.8) is 0 Å². The second-order valence-corrected chi connectivity index (χ2v) is 8.06. The fourth-order valence-corrected chi connectivity index (χ4v) is 4.17. The standard InChI is InChI=1S/C23H32N4O2/c1-6-9-16(29-5)12-19(24)26-22(14(2)3)18-13-17(18)21-15(4)25-20-10-7-8-11-27(20)23(21)28/h6,9,12,17-18H,7-8,10-11,13H2,1-5H3,(H2,24,26)/b9-6-,16-12+.